The standard InChI is InChI=1S/C14H12O2.C8H18O.C7H8/c15-13(11-7-3-1-4-8-11)14(16)12-9-5-2-6-10-12;1-3-5-7-9-8-6-4-2;1-7-5-3-2-4-6-7/h1-10,13,15H;3-8H2,1-2H3;2-6H,1H3. The van der Waals surface area contributed by atoms with E-state index in [1.807, 2.05) is 30.3 Å². The SMILES string of the molecule is CCCCOCCCC.Cc1ccccc1.O=C(c1ccccc1)C(O)c1ccccc1. The second-order valence-electron chi connectivity index (χ2n) is 7.52. The molecule has 0 aliphatic carbocycles. The maximum Gasteiger partial charge on any atom is 0.195 e. The number of hydrogen-bond acceptors (Lipinski definition) is 3. The van der Waals surface area contributed by atoms with E-state index < -0.39 is 6.10 Å². The third kappa shape index (κ3) is 12.2. The number of rotatable bonds is 9. The van der Waals surface area contributed by atoms with Gasteiger partial charge in [0.25, 0.3) is 0 Å². The van der Waals surface area contributed by atoms with Gasteiger partial charge in [0.15, 0.2) is 5.78 Å². The molecule has 0 amide bonds. The van der Waals surface area contributed by atoms with Gasteiger partial charge in [-0.05, 0) is 25.3 Å². The molecule has 1 N–H and O–H groups in total. The fourth-order valence-electron chi connectivity index (χ4n) is 2.68. The van der Waals surface area contributed by atoms with Crippen LogP contribution in [-0.2, 0) is 4.74 Å². The van der Waals surface area contributed by atoms with E-state index in [0.29, 0.717) is 11.1 Å². The molecule has 0 aromatic heterocycles. The van der Waals surface area contributed by atoms with E-state index in [-0.39, 0.29) is 5.78 Å². The number of Topliss-reactive ketones (excluding diaryl/α,β-unsaturated/α-hetero) is 1. The maximum absolute atomic E-state index is 11.9. The number of hydrogen-bond donors (Lipinski definition) is 1. The molecule has 3 aromatic carbocycles. The van der Waals surface area contributed by atoms with Gasteiger partial charge in [0.2, 0.25) is 0 Å². The molecule has 0 radical (unpaired) electrons. The molecular weight excluding hydrogens is 396 g/mol. The summed E-state index contributed by atoms with van der Waals surface area (Å²) in [6, 6.07) is 28.0. The van der Waals surface area contributed by atoms with Gasteiger partial charge in [-0.1, -0.05) is 123 Å². The van der Waals surface area contributed by atoms with Crippen LogP contribution in [0.2, 0.25) is 0 Å². The molecule has 3 nitrogen and oxygen atoms in total. The van der Waals surface area contributed by atoms with Gasteiger partial charge in [0, 0.05) is 18.8 Å². The summed E-state index contributed by atoms with van der Waals surface area (Å²) in [7, 11) is 0. The molecule has 1 atom stereocenters. The number of ketones is 1. The molecule has 0 aliphatic heterocycles. The van der Waals surface area contributed by atoms with E-state index in [1.165, 1.54) is 31.2 Å². The average Bonchev–Trinajstić information content (AvgIpc) is 2.85. The van der Waals surface area contributed by atoms with E-state index in [1.54, 1.807) is 48.5 Å². The van der Waals surface area contributed by atoms with Gasteiger partial charge in [-0.2, -0.15) is 0 Å². The molecule has 3 aromatic rings. The van der Waals surface area contributed by atoms with Gasteiger partial charge < -0.3 is 9.84 Å². The van der Waals surface area contributed by atoms with E-state index in [0.717, 1.165) is 13.2 Å². The summed E-state index contributed by atoms with van der Waals surface area (Å²) in [6.45, 7) is 8.36. The number of carbonyl (C=O) groups is 1. The number of ether oxygens (including phenoxy) is 1. The van der Waals surface area contributed by atoms with Crippen LogP contribution in [-0.4, -0.2) is 24.1 Å². The Bertz CT molecular complexity index is 811. The van der Waals surface area contributed by atoms with Crippen molar-refractivity contribution >= 4 is 5.78 Å². The van der Waals surface area contributed by atoms with Crippen molar-refractivity contribution in [2.45, 2.75) is 52.6 Å². The summed E-state index contributed by atoms with van der Waals surface area (Å²) in [5.41, 5.74) is 2.47. The molecule has 3 rings (SSSR count). The van der Waals surface area contributed by atoms with Crippen molar-refractivity contribution in [2.75, 3.05) is 13.2 Å². The first-order valence-electron chi connectivity index (χ1n) is 11.5. The number of aliphatic hydroxyl groups excluding tert-OH is 1. The van der Waals surface area contributed by atoms with Crippen LogP contribution in [0.3, 0.4) is 0 Å². The van der Waals surface area contributed by atoms with Crippen LogP contribution in [0.5, 0.6) is 0 Å². The Morgan fingerprint density at radius 3 is 1.59 bits per heavy atom. The molecule has 0 heterocycles. The Morgan fingerprint density at radius 1 is 0.750 bits per heavy atom. The second-order valence-corrected chi connectivity index (χ2v) is 7.52. The molecule has 0 saturated carbocycles. The molecule has 172 valence electrons. The highest BCUT2D eigenvalue weighted by Crippen LogP contribution is 2.17. The van der Waals surface area contributed by atoms with Gasteiger partial charge in [-0.25, -0.2) is 0 Å². The van der Waals surface area contributed by atoms with Crippen molar-refractivity contribution in [3.8, 4) is 0 Å². The highest BCUT2D eigenvalue weighted by Gasteiger charge is 2.18. The second kappa shape index (κ2) is 17.9. The maximum atomic E-state index is 11.9. The largest absolute Gasteiger partial charge is 0.381 e. The molecule has 0 saturated heterocycles. The minimum Gasteiger partial charge on any atom is -0.381 e. The van der Waals surface area contributed by atoms with Crippen LogP contribution in [0, 0.1) is 6.92 Å². The molecule has 32 heavy (non-hydrogen) atoms. The fourth-order valence-corrected chi connectivity index (χ4v) is 2.68. The topological polar surface area (TPSA) is 46.5 Å². The first-order chi connectivity index (χ1) is 15.6. The molecule has 0 fully saturated rings. The quantitative estimate of drug-likeness (QED) is 0.286. The van der Waals surface area contributed by atoms with Crippen LogP contribution < -0.4 is 0 Å². The fraction of sp³-hybridized carbons (Fsp3) is 0.345. The lowest BCUT2D eigenvalue weighted by Gasteiger charge is -2.09. The molecular formula is C29H38O3. The van der Waals surface area contributed by atoms with Crippen LogP contribution in [0.1, 0.15) is 67.1 Å². The zero-order chi connectivity index (χ0) is 23.4. The summed E-state index contributed by atoms with van der Waals surface area (Å²) >= 11 is 0. The summed E-state index contributed by atoms with van der Waals surface area (Å²) < 4.78 is 5.31. The third-order valence-corrected chi connectivity index (χ3v) is 4.65. The smallest absolute Gasteiger partial charge is 0.195 e. The van der Waals surface area contributed by atoms with Gasteiger partial charge in [0.1, 0.15) is 6.10 Å². The summed E-state index contributed by atoms with van der Waals surface area (Å²) in [4.78, 5) is 11.9. The van der Waals surface area contributed by atoms with Crippen molar-refractivity contribution in [3.05, 3.63) is 108 Å². The molecule has 1 unspecified atom stereocenters. The Hall–Kier alpha value is -2.75. The minimum absolute atomic E-state index is 0.271. The summed E-state index contributed by atoms with van der Waals surface area (Å²) in [5, 5.41) is 9.89. The van der Waals surface area contributed by atoms with Crippen molar-refractivity contribution in [1.82, 2.24) is 0 Å². The van der Waals surface area contributed by atoms with Crippen LogP contribution in [0.25, 0.3) is 0 Å². The van der Waals surface area contributed by atoms with Crippen LogP contribution in [0.15, 0.2) is 91.0 Å². The zero-order valence-corrected chi connectivity index (χ0v) is 19.7. The first kappa shape index (κ1) is 27.3. The van der Waals surface area contributed by atoms with Gasteiger partial charge >= 0.3 is 0 Å². The lowest BCUT2D eigenvalue weighted by atomic mass is 10.0. The minimum atomic E-state index is -1.08. The van der Waals surface area contributed by atoms with Gasteiger partial charge in [0.05, 0.1) is 0 Å². The molecule has 0 bridgehead atoms. The van der Waals surface area contributed by atoms with E-state index in [4.69, 9.17) is 4.74 Å². The van der Waals surface area contributed by atoms with Crippen LogP contribution >= 0.6 is 0 Å². The third-order valence-electron chi connectivity index (χ3n) is 4.65. The van der Waals surface area contributed by atoms with Gasteiger partial charge in [-0.15, -0.1) is 0 Å². The predicted molar refractivity (Wildman–Crippen MR) is 134 cm³/mol. The predicted octanol–water partition coefficient (Wildman–Crippen LogP) is 7.20. The number of carbonyl (C=O) groups excluding carboxylic acids is 1. The number of aryl methyl sites for hydroxylation is 1. The molecule has 3 heteroatoms. The Kier molecular flexibility index (Phi) is 15.2. The van der Waals surface area contributed by atoms with Crippen molar-refractivity contribution < 1.29 is 14.6 Å². The highest BCUT2D eigenvalue weighted by atomic mass is 16.5. The van der Waals surface area contributed by atoms with Crippen molar-refractivity contribution in [1.29, 1.82) is 0 Å². The first-order valence-corrected chi connectivity index (χ1v) is 11.5. The average molecular weight is 435 g/mol. The lowest BCUT2D eigenvalue weighted by molar-refractivity contribution is 0.0747. The Labute approximate surface area is 194 Å². The van der Waals surface area contributed by atoms with Gasteiger partial charge in [-0.3, -0.25) is 4.79 Å². The summed E-state index contributed by atoms with van der Waals surface area (Å²) in [5.74, 6) is -0.271. The molecule has 0 spiro atoms. The molecule has 0 aliphatic rings. The van der Waals surface area contributed by atoms with E-state index in [9.17, 15) is 9.90 Å². The number of aliphatic hydroxyl groups is 1. The van der Waals surface area contributed by atoms with Crippen molar-refractivity contribution in [3.63, 3.8) is 0 Å². The zero-order valence-electron chi connectivity index (χ0n) is 19.7. The normalized spacial score (nSPS) is 10.8. The summed E-state index contributed by atoms with van der Waals surface area (Å²) in [6.07, 6.45) is 3.83. The monoisotopic (exact) mass is 434 g/mol. The Balaban J connectivity index is 0.000000270. The number of benzene rings is 3. The number of unbranched alkanes of at least 4 members (excludes halogenated alkanes) is 2. The van der Waals surface area contributed by atoms with E-state index in [2.05, 4.69) is 32.9 Å². The van der Waals surface area contributed by atoms with E-state index >= 15 is 0 Å². The van der Waals surface area contributed by atoms with Crippen molar-refractivity contribution in [2.24, 2.45) is 0 Å². The highest BCUT2D eigenvalue weighted by molar-refractivity contribution is 5.99. The Morgan fingerprint density at radius 2 is 1.19 bits per heavy atom. The van der Waals surface area contributed by atoms with Crippen LogP contribution in [0.4, 0.5) is 0 Å². The lowest BCUT2D eigenvalue weighted by Crippen LogP contribution is -2.11.